The van der Waals surface area contributed by atoms with Crippen molar-refractivity contribution in [1.82, 2.24) is 0 Å². The van der Waals surface area contributed by atoms with Crippen molar-refractivity contribution in [3.8, 4) is 0 Å². The molecule has 17 heavy (non-hydrogen) atoms. The number of hydrogen-bond donors (Lipinski definition) is 2. The van der Waals surface area contributed by atoms with E-state index < -0.39 is 34.5 Å². The van der Waals surface area contributed by atoms with Crippen molar-refractivity contribution in [2.45, 2.75) is 12.2 Å². The van der Waals surface area contributed by atoms with Gasteiger partial charge in [0.15, 0.2) is 0 Å². The van der Waals surface area contributed by atoms with E-state index in [1.165, 1.54) is 0 Å². The molecule has 2 atom stereocenters. The summed E-state index contributed by atoms with van der Waals surface area (Å²) in [5.41, 5.74) is -1.55. The van der Waals surface area contributed by atoms with E-state index in [0.717, 1.165) is 0 Å². The molecule has 0 aliphatic rings. The van der Waals surface area contributed by atoms with Crippen LogP contribution in [0.1, 0.15) is 11.7 Å². The number of nitro groups is 1. The molecule has 0 heterocycles. The maximum Gasteiger partial charge on any atom is 0.340 e. The number of aliphatic hydroxyl groups excluding tert-OH is 2. The van der Waals surface area contributed by atoms with Gasteiger partial charge in [0.1, 0.15) is 6.10 Å². The fourth-order valence-electron chi connectivity index (χ4n) is 1.24. The van der Waals surface area contributed by atoms with E-state index in [0.29, 0.717) is 12.1 Å². The molecule has 2 N–H and O–H groups in total. The number of hydrogen-bond acceptors (Lipinski definition) is 4. The van der Waals surface area contributed by atoms with E-state index in [1.807, 2.05) is 0 Å². The molecule has 94 valence electrons. The molecule has 1 aromatic rings. The monoisotopic (exact) mass is 311 g/mol. The second-order valence-corrected chi connectivity index (χ2v) is 3.90. The highest BCUT2D eigenvalue weighted by Crippen LogP contribution is 2.27. The summed E-state index contributed by atoms with van der Waals surface area (Å²) in [4.78, 5) is 9.13. The van der Waals surface area contributed by atoms with Crippen LogP contribution in [0.15, 0.2) is 12.1 Å². The van der Waals surface area contributed by atoms with Crippen LogP contribution in [0.5, 0.6) is 0 Å². The standard InChI is InChI=1S/C9H8BrF2NO4/c10-3-7(14)9(15)4-1-5(11)8(13(16)17)6(12)2-4/h1-2,7,9,14-15H,3H2. The number of benzene rings is 1. The molecule has 0 saturated heterocycles. The fraction of sp³-hybridized carbons (Fsp3) is 0.333. The Morgan fingerprint density at radius 2 is 1.82 bits per heavy atom. The average Bonchev–Trinajstić information content (AvgIpc) is 2.25. The summed E-state index contributed by atoms with van der Waals surface area (Å²) in [6, 6.07) is 1.25. The van der Waals surface area contributed by atoms with Crippen molar-refractivity contribution in [3.63, 3.8) is 0 Å². The van der Waals surface area contributed by atoms with Gasteiger partial charge in [-0.2, -0.15) is 8.78 Å². The smallest absolute Gasteiger partial charge is 0.340 e. The number of alkyl halides is 1. The van der Waals surface area contributed by atoms with Gasteiger partial charge in [0.2, 0.25) is 11.6 Å². The van der Waals surface area contributed by atoms with Gasteiger partial charge in [0.25, 0.3) is 0 Å². The highest BCUT2D eigenvalue weighted by molar-refractivity contribution is 9.09. The molecule has 1 rings (SSSR count). The largest absolute Gasteiger partial charge is 0.389 e. The summed E-state index contributed by atoms with van der Waals surface area (Å²) < 4.78 is 26.4. The Balaban J connectivity index is 3.19. The van der Waals surface area contributed by atoms with E-state index in [4.69, 9.17) is 0 Å². The molecule has 5 nitrogen and oxygen atoms in total. The third kappa shape index (κ3) is 2.96. The summed E-state index contributed by atoms with van der Waals surface area (Å²) >= 11 is 2.88. The van der Waals surface area contributed by atoms with Crippen molar-refractivity contribution in [3.05, 3.63) is 39.4 Å². The van der Waals surface area contributed by atoms with Crippen molar-refractivity contribution >= 4 is 21.6 Å². The van der Waals surface area contributed by atoms with Gasteiger partial charge in [-0.05, 0) is 17.7 Å². The Labute approximate surface area is 103 Å². The first-order valence-corrected chi connectivity index (χ1v) is 5.56. The first kappa shape index (κ1) is 13.9. The minimum Gasteiger partial charge on any atom is -0.389 e. The van der Waals surface area contributed by atoms with E-state index in [2.05, 4.69) is 15.9 Å². The predicted molar refractivity (Wildman–Crippen MR) is 57.8 cm³/mol. The Morgan fingerprint density at radius 1 is 1.35 bits per heavy atom. The first-order valence-electron chi connectivity index (χ1n) is 4.44. The lowest BCUT2D eigenvalue weighted by Crippen LogP contribution is -2.20. The number of rotatable bonds is 4. The molecule has 0 fully saturated rings. The molecule has 0 aliphatic heterocycles. The first-order chi connectivity index (χ1) is 7.88. The summed E-state index contributed by atoms with van der Waals surface area (Å²) in [6.07, 6.45) is -2.80. The maximum absolute atomic E-state index is 13.2. The topological polar surface area (TPSA) is 83.6 Å². The van der Waals surface area contributed by atoms with Crippen molar-refractivity contribution in [2.75, 3.05) is 5.33 Å². The Morgan fingerprint density at radius 3 is 2.18 bits per heavy atom. The van der Waals surface area contributed by atoms with Gasteiger partial charge < -0.3 is 10.2 Å². The summed E-state index contributed by atoms with van der Waals surface area (Å²) in [5.74, 6) is -2.79. The van der Waals surface area contributed by atoms with Gasteiger partial charge in [-0.25, -0.2) is 0 Å². The van der Waals surface area contributed by atoms with Crippen LogP contribution >= 0.6 is 15.9 Å². The SMILES string of the molecule is O=[N+]([O-])c1c(F)cc(C(O)C(O)CBr)cc1F. The molecular formula is C9H8BrF2NO4. The van der Waals surface area contributed by atoms with Crippen LogP contribution in [0, 0.1) is 21.7 Å². The average molecular weight is 312 g/mol. The zero-order valence-electron chi connectivity index (χ0n) is 8.31. The maximum atomic E-state index is 13.2. The van der Waals surface area contributed by atoms with Gasteiger partial charge in [-0.1, -0.05) is 15.9 Å². The molecule has 8 heteroatoms. The molecule has 0 bridgehead atoms. The van der Waals surface area contributed by atoms with E-state index in [-0.39, 0.29) is 10.9 Å². The van der Waals surface area contributed by atoms with E-state index >= 15 is 0 Å². The van der Waals surface area contributed by atoms with Crippen molar-refractivity contribution < 1.29 is 23.9 Å². The van der Waals surface area contributed by atoms with Crippen LogP contribution in [0.3, 0.4) is 0 Å². The highest BCUT2D eigenvalue weighted by Gasteiger charge is 2.26. The number of nitrogens with zero attached hydrogens (tertiary/aromatic N) is 1. The zero-order chi connectivity index (χ0) is 13.2. The molecule has 2 unspecified atom stereocenters. The van der Waals surface area contributed by atoms with E-state index in [9.17, 15) is 29.1 Å². The summed E-state index contributed by atoms with van der Waals surface area (Å²) in [7, 11) is 0. The number of nitro benzene ring substituents is 1. The molecule has 0 saturated carbocycles. The molecule has 0 spiro atoms. The Kier molecular flexibility index (Phi) is 4.49. The van der Waals surface area contributed by atoms with Crippen LogP contribution < -0.4 is 0 Å². The molecule has 1 aromatic carbocycles. The third-order valence-corrected chi connectivity index (χ3v) is 2.75. The Hall–Kier alpha value is -1.12. The molecular weight excluding hydrogens is 304 g/mol. The number of halogens is 3. The second-order valence-electron chi connectivity index (χ2n) is 3.26. The normalized spacial score (nSPS) is 14.4. The quantitative estimate of drug-likeness (QED) is 0.503. The summed E-state index contributed by atoms with van der Waals surface area (Å²) in [5, 5.41) is 29.1. The minimum atomic E-state index is -1.53. The lowest BCUT2D eigenvalue weighted by Gasteiger charge is -2.15. The zero-order valence-corrected chi connectivity index (χ0v) is 9.89. The van der Waals surface area contributed by atoms with Crippen LogP contribution in [-0.4, -0.2) is 26.6 Å². The highest BCUT2D eigenvalue weighted by atomic mass is 79.9. The van der Waals surface area contributed by atoms with E-state index in [1.54, 1.807) is 0 Å². The van der Waals surface area contributed by atoms with Gasteiger partial charge in [0.05, 0.1) is 11.0 Å². The second kappa shape index (κ2) is 5.48. The number of aliphatic hydroxyl groups is 2. The predicted octanol–water partition coefficient (Wildman–Crippen LogP) is 1.66. The lowest BCUT2D eigenvalue weighted by atomic mass is 10.0. The fourth-order valence-corrected chi connectivity index (χ4v) is 1.59. The van der Waals surface area contributed by atoms with Crippen LogP contribution in [0.25, 0.3) is 0 Å². The van der Waals surface area contributed by atoms with Gasteiger partial charge >= 0.3 is 5.69 Å². The van der Waals surface area contributed by atoms with Gasteiger partial charge in [0, 0.05) is 5.33 Å². The Bertz CT molecular complexity index is 420. The molecule has 0 amide bonds. The molecule has 0 aromatic heterocycles. The van der Waals surface area contributed by atoms with Crippen LogP contribution in [0.2, 0.25) is 0 Å². The molecule has 0 radical (unpaired) electrons. The lowest BCUT2D eigenvalue weighted by molar-refractivity contribution is -0.390. The third-order valence-electron chi connectivity index (χ3n) is 2.09. The minimum absolute atomic E-state index is 0.00556. The van der Waals surface area contributed by atoms with Crippen molar-refractivity contribution in [1.29, 1.82) is 0 Å². The van der Waals surface area contributed by atoms with Gasteiger partial charge in [-0.3, -0.25) is 10.1 Å². The van der Waals surface area contributed by atoms with Crippen LogP contribution in [0.4, 0.5) is 14.5 Å². The van der Waals surface area contributed by atoms with Crippen LogP contribution in [-0.2, 0) is 0 Å². The van der Waals surface area contributed by atoms with Crippen molar-refractivity contribution in [2.24, 2.45) is 0 Å². The summed E-state index contributed by atoms with van der Waals surface area (Å²) in [6.45, 7) is 0. The van der Waals surface area contributed by atoms with Gasteiger partial charge in [-0.15, -0.1) is 0 Å². The molecule has 0 aliphatic carbocycles.